The van der Waals surface area contributed by atoms with Gasteiger partial charge in [-0.2, -0.15) is 0 Å². The number of unbranched alkanes of at least 4 members (excludes halogenated alkanes) is 4. The minimum absolute atomic E-state index is 0.165. The molecule has 0 aliphatic carbocycles. The molecule has 4 rings (SSSR count). The van der Waals surface area contributed by atoms with E-state index in [1.807, 2.05) is 30.3 Å². The molecule has 0 bridgehead atoms. The second-order valence-electron chi connectivity index (χ2n) is 10.6. The van der Waals surface area contributed by atoms with Crippen LogP contribution in [0.4, 0.5) is 0 Å². The van der Waals surface area contributed by atoms with E-state index in [1.54, 1.807) is 72.8 Å². The van der Waals surface area contributed by atoms with Crippen LogP contribution in [-0.4, -0.2) is 30.3 Å². The van der Waals surface area contributed by atoms with Gasteiger partial charge in [0.1, 0.15) is 23.0 Å². The zero-order chi connectivity index (χ0) is 31.1. The highest BCUT2D eigenvalue weighted by atomic mass is 16.5. The highest BCUT2D eigenvalue weighted by Gasteiger charge is 2.19. The average Bonchev–Trinajstić information content (AvgIpc) is 3.04. The third-order valence-electron chi connectivity index (χ3n) is 7.07. The van der Waals surface area contributed by atoms with Crippen molar-refractivity contribution in [2.45, 2.75) is 58.4 Å². The van der Waals surface area contributed by atoms with Gasteiger partial charge >= 0.3 is 5.97 Å². The SMILES string of the molecule is CCCCCCCOc1ccc(C(=O)Oc2ccc(C[C@H](NC(=O)c3ccc(Oc4ccccc4)cc3)C(C)=O)cc2)cc1. The summed E-state index contributed by atoms with van der Waals surface area (Å²) in [4.78, 5) is 37.9. The first kappa shape index (κ1) is 32.0. The van der Waals surface area contributed by atoms with Crippen LogP contribution in [0, 0.1) is 0 Å². The highest BCUT2D eigenvalue weighted by Crippen LogP contribution is 2.22. The number of carbonyl (C=O) groups is 3. The number of benzene rings is 4. The van der Waals surface area contributed by atoms with Crippen LogP contribution in [0.5, 0.6) is 23.0 Å². The number of amides is 1. The maximum atomic E-state index is 12.9. The summed E-state index contributed by atoms with van der Waals surface area (Å²) in [5, 5.41) is 2.82. The van der Waals surface area contributed by atoms with E-state index in [4.69, 9.17) is 14.2 Å². The Morgan fingerprint density at radius 3 is 1.91 bits per heavy atom. The molecule has 0 saturated heterocycles. The Morgan fingerprint density at radius 1 is 0.659 bits per heavy atom. The number of esters is 1. The molecule has 1 N–H and O–H groups in total. The maximum Gasteiger partial charge on any atom is 0.343 e. The van der Waals surface area contributed by atoms with Crippen LogP contribution in [0.25, 0.3) is 0 Å². The van der Waals surface area contributed by atoms with Crippen molar-refractivity contribution in [3.05, 3.63) is 120 Å². The summed E-state index contributed by atoms with van der Waals surface area (Å²) in [5.41, 5.74) is 1.65. The molecule has 1 amide bonds. The molecule has 0 aliphatic heterocycles. The molecule has 0 aliphatic rings. The van der Waals surface area contributed by atoms with Crippen LogP contribution in [0.1, 0.15) is 72.2 Å². The number of ketones is 1. The van der Waals surface area contributed by atoms with Gasteiger partial charge in [0, 0.05) is 5.56 Å². The molecular formula is C37H39NO6. The molecule has 7 nitrogen and oxygen atoms in total. The summed E-state index contributed by atoms with van der Waals surface area (Å²) in [6.07, 6.45) is 6.15. The first-order chi connectivity index (χ1) is 21.4. The van der Waals surface area contributed by atoms with E-state index in [1.165, 1.54) is 26.2 Å². The Balaban J connectivity index is 1.26. The number of hydrogen-bond acceptors (Lipinski definition) is 6. The van der Waals surface area contributed by atoms with Crippen LogP contribution < -0.4 is 19.5 Å². The van der Waals surface area contributed by atoms with Crippen LogP contribution >= 0.6 is 0 Å². The zero-order valence-corrected chi connectivity index (χ0v) is 25.3. The molecule has 4 aromatic rings. The van der Waals surface area contributed by atoms with Gasteiger partial charge in [0.2, 0.25) is 0 Å². The van der Waals surface area contributed by atoms with Crippen LogP contribution in [-0.2, 0) is 11.2 Å². The molecule has 0 radical (unpaired) electrons. The Kier molecular flexibility index (Phi) is 12.1. The number of carbonyl (C=O) groups excluding carboxylic acids is 3. The Labute approximate surface area is 259 Å². The van der Waals surface area contributed by atoms with E-state index in [2.05, 4.69) is 12.2 Å². The fourth-order valence-corrected chi connectivity index (χ4v) is 4.52. The second kappa shape index (κ2) is 16.7. The smallest absolute Gasteiger partial charge is 0.343 e. The van der Waals surface area contributed by atoms with Gasteiger partial charge in [-0.25, -0.2) is 4.79 Å². The number of nitrogens with one attached hydrogen (secondary N) is 1. The van der Waals surface area contributed by atoms with Crippen LogP contribution in [0.2, 0.25) is 0 Å². The molecular weight excluding hydrogens is 554 g/mol. The Hall–Kier alpha value is -4.91. The number of Topliss-reactive ketones (excluding diaryl/α,β-unsaturated/α-hetero) is 1. The van der Waals surface area contributed by atoms with E-state index in [-0.39, 0.29) is 11.7 Å². The number of ether oxygens (including phenoxy) is 3. The molecule has 0 fully saturated rings. The van der Waals surface area contributed by atoms with Gasteiger partial charge in [-0.1, -0.05) is 62.9 Å². The lowest BCUT2D eigenvalue weighted by Crippen LogP contribution is -2.41. The van der Waals surface area contributed by atoms with Crippen molar-refractivity contribution in [3.63, 3.8) is 0 Å². The van der Waals surface area contributed by atoms with Crippen molar-refractivity contribution >= 4 is 17.7 Å². The van der Waals surface area contributed by atoms with Gasteiger partial charge in [-0.3, -0.25) is 9.59 Å². The van der Waals surface area contributed by atoms with Crippen molar-refractivity contribution in [2.75, 3.05) is 6.61 Å². The zero-order valence-electron chi connectivity index (χ0n) is 25.3. The highest BCUT2D eigenvalue weighted by molar-refractivity contribution is 5.97. The van der Waals surface area contributed by atoms with Gasteiger partial charge in [-0.05, 0) is 98.1 Å². The molecule has 44 heavy (non-hydrogen) atoms. The predicted molar refractivity (Wildman–Crippen MR) is 171 cm³/mol. The number of para-hydroxylation sites is 1. The summed E-state index contributed by atoms with van der Waals surface area (Å²) in [6, 6.07) is 29.2. The molecule has 1 atom stereocenters. The van der Waals surface area contributed by atoms with Gasteiger partial charge in [-0.15, -0.1) is 0 Å². The second-order valence-corrected chi connectivity index (χ2v) is 10.6. The minimum Gasteiger partial charge on any atom is -0.494 e. The summed E-state index contributed by atoms with van der Waals surface area (Å²) >= 11 is 0. The molecule has 0 heterocycles. The predicted octanol–water partition coefficient (Wildman–Crippen LogP) is 7.98. The maximum absolute atomic E-state index is 12.9. The van der Waals surface area contributed by atoms with Crippen molar-refractivity contribution in [3.8, 4) is 23.0 Å². The van der Waals surface area contributed by atoms with Crippen molar-refractivity contribution in [1.29, 1.82) is 0 Å². The lowest BCUT2D eigenvalue weighted by Gasteiger charge is -2.16. The van der Waals surface area contributed by atoms with Crippen molar-refractivity contribution in [1.82, 2.24) is 5.32 Å². The van der Waals surface area contributed by atoms with Gasteiger partial charge < -0.3 is 19.5 Å². The first-order valence-corrected chi connectivity index (χ1v) is 15.1. The molecule has 228 valence electrons. The number of rotatable bonds is 16. The number of hydrogen-bond donors (Lipinski definition) is 1. The summed E-state index contributed by atoms with van der Waals surface area (Å²) < 4.78 is 17.1. The normalized spacial score (nSPS) is 11.3. The molecule has 4 aromatic carbocycles. The van der Waals surface area contributed by atoms with Crippen molar-refractivity contribution in [2.24, 2.45) is 0 Å². The molecule has 7 heteroatoms. The van der Waals surface area contributed by atoms with Gasteiger partial charge in [0.05, 0.1) is 18.2 Å². The third-order valence-corrected chi connectivity index (χ3v) is 7.07. The molecule has 0 saturated carbocycles. The fourth-order valence-electron chi connectivity index (χ4n) is 4.52. The van der Waals surface area contributed by atoms with E-state index in [0.717, 1.165) is 24.2 Å². The summed E-state index contributed by atoms with van der Waals surface area (Å²) in [7, 11) is 0. The van der Waals surface area contributed by atoms with Crippen LogP contribution in [0.15, 0.2) is 103 Å². The average molecular weight is 594 g/mol. The van der Waals surface area contributed by atoms with Gasteiger partial charge in [0.15, 0.2) is 5.78 Å². The molecule has 0 spiro atoms. The van der Waals surface area contributed by atoms with E-state index >= 15 is 0 Å². The fraction of sp³-hybridized carbons (Fsp3) is 0.270. The van der Waals surface area contributed by atoms with Crippen LogP contribution in [0.3, 0.4) is 0 Å². The summed E-state index contributed by atoms with van der Waals surface area (Å²) in [5.74, 6) is 1.41. The molecule has 0 aromatic heterocycles. The lowest BCUT2D eigenvalue weighted by molar-refractivity contribution is -0.118. The quantitative estimate of drug-likeness (QED) is 0.0805. The van der Waals surface area contributed by atoms with E-state index in [9.17, 15) is 14.4 Å². The standard InChI is InChI=1S/C37H39NO6/c1-3-4-5-6-10-25-42-31-21-17-30(18-22-31)37(41)44-34-19-13-28(14-20-34)26-35(27(2)39)38-36(40)29-15-23-33(24-16-29)43-32-11-8-7-9-12-32/h7-9,11-24,35H,3-6,10,25-26H2,1-2H3,(H,38,40)/t35-/m0/s1. The molecule has 0 unspecified atom stereocenters. The van der Waals surface area contributed by atoms with Crippen molar-refractivity contribution < 1.29 is 28.6 Å². The van der Waals surface area contributed by atoms with E-state index < -0.39 is 12.0 Å². The topological polar surface area (TPSA) is 90.9 Å². The van der Waals surface area contributed by atoms with E-state index in [0.29, 0.717) is 41.4 Å². The third kappa shape index (κ3) is 10.1. The Morgan fingerprint density at radius 2 is 1.25 bits per heavy atom. The largest absolute Gasteiger partial charge is 0.494 e. The minimum atomic E-state index is -0.715. The Bertz CT molecular complexity index is 1480. The van der Waals surface area contributed by atoms with Gasteiger partial charge in [0.25, 0.3) is 5.91 Å². The lowest BCUT2D eigenvalue weighted by atomic mass is 10.0. The summed E-state index contributed by atoms with van der Waals surface area (Å²) in [6.45, 7) is 4.30. The monoisotopic (exact) mass is 593 g/mol. The first-order valence-electron chi connectivity index (χ1n) is 15.1.